The van der Waals surface area contributed by atoms with Gasteiger partial charge in [0.15, 0.2) is 11.0 Å². The Morgan fingerprint density at radius 3 is 2.59 bits per heavy atom. The maximum atomic E-state index is 8.82. The number of halogens is 1. The van der Waals surface area contributed by atoms with Gasteiger partial charge in [-0.25, -0.2) is 9.97 Å². The smallest absolute Gasteiger partial charge is 0.160 e. The molecule has 1 aromatic carbocycles. The number of hydrogen-bond donors (Lipinski definition) is 0. The van der Waals surface area contributed by atoms with Crippen molar-refractivity contribution in [1.29, 1.82) is 5.26 Å². The van der Waals surface area contributed by atoms with Crippen molar-refractivity contribution >= 4 is 11.6 Å². The molecule has 0 aliphatic rings. The molecule has 2 aromatic rings. The molecule has 0 saturated carbocycles. The number of nitrogens with zero attached hydrogens (tertiary/aromatic N) is 3. The van der Waals surface area contributed by atoms with Gasteiger partial charge in [0.1, 0.15) is 17.4 Å². The van der Waals surface area contributed by atoms with Crippen molar-refractivity contribution in [2.75, 3.05) is 6.61 Å². The third-order valence-corrected chi connectivity index (χ3v) is 3.53. The van der Waals surface area contributed by atoms with Gasteiger partial charge in [0.2, 0.25) is 0 Å². The molecule has 0 aliphatic carbocycles. The van der Waals surface area contributed by atoms with Gasteiger partial charge in [-0.05, 0) is 30.7 Å². The first-order valence-corrected chi connectivity index (χ1v) is 7.78. The summed E-state index contributed by atoms with van der Waals surface area (Å²) in [6, 6.07) is 9.51. The lowest BCUT2D eigenvalue weighted by Crippen LogP contribution is -1.97. The minimum atomic E-state index is 0.170. The van der Waals surface area contributed by atoms with E-state index in [0.717, 1.165) is 24.3 Å². The zero-order valence-corrected chi connectivity index (χ0v) is 13.3. The average Bonchev–Trinajstić information content (AvgIpc) is 2.55. The van der Waals surface area contributed by atoms with E-state index in [1.165, 1.54) is 25.5 Å². The van der Waals surface area contributed by atoms with Crippen molar-refractivity contribution < 1.29 is 4.74 Å². The van der Waals surface area contributed by atoms with E-state index in [0.29, 0.717) is 5.82 Å². The number of hydrogen-bond acceptors (Lipinski definition) is 4. The maximum Gasteiger partial charge on any atom is 0.160 e. The summed E-state index contributed by atoms with van der Waals surface area (Å²) in [6.45, 7) is 2.93. The molecule has 0 aliphatic heterocycles. The lowest BCUT2D eigenvalue weighted by Gasteiger charge is -2.07. The molecular formula is C17H18ClN3O. The Morgan fingerprint density at radius 2 is 1.95 bits per heavy atom. The van der Waals surface area contributed by atoms with E-state index in [9.17, 15) is 0 Å². The minimum absolute atomic E-state index is 0.170. The lowest BCUT2D eigenvalue weighted by atomic mass is 10.2. The summed E-state index contributed by atoms with van der Waals surface area (Å²) < 4.78 is 5.69. The quantitative estimate of drug-likeness (QED) is 0.552. The Morgan fingerprint density at radius 1 is 1.18 bits per heavy atom. The predicted octanol–water partition coefficient (Wildman–Crippen LogP) is 4.63. The first-order chi connectivity index (χ1) is 10.7. The van der Waals surface area contributed by atoms with E-state index in [-0.39, 0.29) is 10.7 Å². The molecule has 0 unspecified atom stereocenters. The van der Waals surface area contributed by atoms with Crippen molar-refractivity contribution in [3.8, 4) is 23.2 Å². The van der Waals surface area contributed by atoms with Crippen LogP contribution in [0.2, 0.25) is 5.15 Å². The second-order valence-corrected chi connectivity index (χ2v) is 5.30. The average molecular weight is 316 g/mol. The maximum absolute atomic E-state index is 8.82. The van der Waals surface area contributed by atoms with Crippen molar-refractivity contribution in [3.63, 3.8) is 0 Å². The van der Waals surface area contributed by atoms with Gasteiger partial charge in [0, 0.05) is 5.56 Å². The van der Waals surface area contributed by atoms with Crippen molar-refractivity contribution in [1.82, 2.24) is 9.97 Å². The molecule has 0 fully saturated rings. The molecule has 0 saturated heterocycles. The number of rotatable bonds is 7. The third-order valence-electron chi connectivity index (χ3n) is 3.24. The predicted molar refractivity (Wildman–Crippen MR) is 86.8 cm³/mol. The summed E-state index contributed by atoms with van der Waals surface area (Å²) in [5, 5.41) is 8.99. The van der Waals surface area contributed by atoms with Crippen LogP contribution in [-0.4, -0.2) is 16.6 Å². The summed E-state index contributed by atoms with van der Waals surface area (Å²) in [4.78, 5) is 8.28. The zero-order chi connectivity index (χ0) is 15.8. The Hall–Kier alpha value is -2.12. The normalized spacial score (nSPS) is 10.2. The fourth-order valence-corrected chi connectivity index (χ4v) is 2.17. The van der Waals surface area contributed by atoms with Gasteiger partial charge in [-0.2, -0.15) is 5.26 Å². The van der Waals surface area contributed by atoms with Crippen molar-refractivity contribution in [3.05, 3.63) is 41.2 Å². The standard InChI is InChI=1S/C17H18ClN3O/c1-2-3-4-5-10-22-15-8-6-13(7-9-15)17-20-12-14(11-19)16(18)21-17/h6-9,12H,2-5,10H2,1H3. The number of ether oxygens (including phenoxy) is 1. The second kappa shape index (κ2) is 8.35. The SMILES string of the molecule is CCCCCCOc1ccc(-c2ncc(C#N)c(Cl)n2)cc1. The van der Waals surface area contributed by atoms with Crippen molar-refractivity contribution in [2.45, 2.75) is 32.6 Å². The van der Waals surface area contributed by atoms with E-state index < -0.39 is 0 Å². The van der Waals surface area contributed by atoms with Crippen LogP contribution in [0.5, 0.6) is 5.75 Å². The highest BCUT2D eigenvalue weighted by atomic mass is 35.5. The van der Waals surface area contributed by atoms with Gasteiger partial charge < -0.3 is 4.74 Å². The molecule has 0 bridgehead atoms. The van der Waals surface area contributed by atoms with E-state index in [1.807, 2.05) is 30.3 Å². The summed E-state index contributed by atoms with van der Waals surface area (Å²) in [7, 11) is 0. The molecule has 5 heteroatoms. The van der Waals surface area contributed by atoms with Crippen LogP contribution in [0.4, 0.5) is 0 Å². The van der Waals surface area contributed by atoms with Crippen LogP contribution >= 0.6 is 11.6 Å². The fourth-order valence-electron chi connectivity index (χ4n) is 1.99. The Kier molecular flexibility index (Phi) is 6.17. The topological polar surface area (TPSA) is 58.8 Å². The molecule has 0 amide bonds. The Labute approximate surface area is 135 Å². The molecule has 4 nitrogen and oxygen atoms in total. The molecule has 0 atom stereocenters. The highest BCUT2D eigenvalue weighted by Gasteiger charge is 2.06. The van der Waals surface area contributed by atoms with Crippen LogP contribution in [0.1, 0.15) is 38.2 Å². The molecule has 0 spiro atoms. The van der Waals surface area contributed by atoms with Gasteiger partial charge in [-0.15, -0.1) is 0 Å². The summed E-state index contributed by atoms with van der Waals surface area (Å²) in [5.74, 6) is 1.33. The molecule has 114 valence electrons. The van der Waals surface area contributed by atoms with E-state index in [1.54, 1.807) is 0 Å². The summed E-state index contributed by atoms with van der Waals surface area (Å²) >= 11 is 5.92. The Bertz CT molecular complexity index is 650. The van der Waals surface area contributed by atoms with Gasteiger partial charge in [-0.3, -0.25) is 0 Å². The van der Waals surface area contributed by atoms with Crippen LogP contribution in [0, 0.1) is 11.3 Å². The van der Waals surface area contributed by atoms with Crippen LogP contribution in [-0.2, 0) is 0 Å². The summed E-state index contributed by atoms with van der Waals surface area (Å²) in [5.41, 5.74) is 1.11. The van der Waals surface area contributed by atoms with Crippen LogP contribution < -0.4 is 4.74 Å². The van der Waals surface area contributed by atoms with E-state index in [2.05, 4.69) is 16.9 Å². The third kappa shape index (κ3) is 4.44. The number of benzene rings is 1. The largest absolute Gasteiger partial charge is 0.494 e. The van der Waals surface area contributed by atoms with Gasteiger partial charge in [-0.1, -0.05) is 37.8 Å². The molecular weight excluding hydrogens is 298 g/mol. The lowest BCUT2D eigenvalue weighted by molar-refractivity contribution is 0.305. The first kappa shape index (κ1) is 16.3. The Balaban J connectivity index is 1.97. The molecule has 1 aromatic heterocycles. The number of aromatic nitrogens is 2. The highest BCUT2D eigenvalue weighted by molar-refractivity contribution is 6.30. The molecule has 22 heavy (non-hydrogen) atoms. The van der Waals surface area contributed by atoms with E-state index >= 15 is 0 Å². The fraction of sp³-hybridized carbons (Fsp3) is 0.353. The number of unbranched alkanes of at least 4 members (excludes halogenated alkanes) is 3. The monoisotopic (exact) mass is 315 g/mol. The van der Waals surface area contributed by atoms with Crippen LogP contribution in [0.15, 0.2) is 30.5 Å². The minimum Gasteiger partial charge on any atom is -0.494 e. The van der Waals surface area contributed by atoms with Gasteiger partial charge in [0.25, 0.3) is 0 Å². The van der Waals surface area contributed by atoms with Crippen molar-refractivity contribution in [2.24, 2.45) is 0 Å². The molecule has 1 heterocycles. The van der Waals surface area contributed by atoms with Crippen LogP contribution in [0.3, 0.4) is 0 Å². The summed E-state index contributed by atoms with van der Waals surface area (Å²) in [6.07, 6.45) is 6.18. The first-order valence-electron chi connectivity index (χ1n) is 7.40. The number of nitriles is 1. The molecule has 2 rings (SSSR count). The molecule has 0 N–H and O–H groups in total. The van der Waals surface area contributed by atoms with Crippen LogP contribution in [0.25, 0.3) is 11.4 Å². The second-order valence-electron chi connectivity index (χ2n) is 4.94. The molecule has 0 radical (unpaired) electrons. The highest BCUT2D eigenvalue weighted by Crippen LogP contribution is 2.22. The van der Waals surface area contributed by atoms with Gasteiger partial charge in [0.05, 0.1) is 12.8 Å². The van der Waals surface area contributed by atoms with E-state index in [4.69, 9.17) is 21.6 Å². The van der Waals surface area contributed by atoms with Gasteiger partial charge >= 0.3 is 0 Å². The zero-order valence-electron chi connectivity index (χ0n) is 12.6.